The Hall–Kier alpha value is -4.48. The van der Waals surface area contributed by atoms with Crippen LogP contribution in [0.3, 0.4) is 0 Å². The van der Waals surface area contributed by atoms with Crippen molar-refractivity contribution >= 4 is 29.1 Å². The Morgan fingerprint density at radius 2 is 1.73 bits per heavy atom. The Balaban J connectivity index is 1.53. The van der Waals surface area contributed by atoms with Crippen LogP contribution in [-0.2, 0) is 20.8 Å². The number of amides is 2. The van der Waals surface area contributed by atoms with E-state index in [1.54, 1.807) is 30.3 Å². The Morgan fingerprint density at radius 3 is 2.37 bits per heavy atom. The first-order valence-corrected chi connectivity index (χ1v) is 13.2. The molecule has 0 aliphatic heterocycles. The summed E-state index contributed by atoms with van der Waals surface area (Å²) < 4.78 is 0. The highest BCUT2D eigenvalue weighted by Gasteiger charge is 2.60. The predicted octanol–water partition coefficient (Wildman–Crippen LogP) is 1.38. The Kier molecular flexibility index (Phi) is 6.96. The zero-order chi connectivity index (χ0) is 29.8. The summed E-state index contributed by atoms with van der Waals surface area (Å²) in [6.45, 7) is 1.19. The average molecular weight is 562 g/mol. The Bertz CT molecular complexity index is 1560. The number of nitrogens with one attached hydrogen (secondary N) is 1. The molecule has 3 aliphatic rings. The van der Waals surface area contributed by atoms with Crippen molar-refractivity contribution in [1.82, 2.24) is 10.2 Å². The molecule has 5 rings (SSSR count). The number of ketones is 2. The van der Waals surface area contributed by atoms with Crippen LogP contribution < -0.4 is 11.1 Å². The Labute approximate surface area is 235 Å². The highest BCUT2D eigenvalue weighted by atomic mass is 16.3. The first-order valence-electron chi connectivity index (χ1n) is 13.2. The van der Waals surface area contributed by atoms with E-state index in [1.165, 1.54) is 6.07 Å². The molecule has 0 aromatic heterocycles. The van der Waals surface area contributed by atoms with E-state index in [4.69, 9.17) is 5.73 Å². The first-order chi connectivity index (χ1) is 19.4. The molecule has 214 valence electrons. The molecule has 1 saturated carbocycles. The van der Waals surface area contributed by atoms with Gasteiger partial charge in [0.25, 0.3) is 11.8 Å². The molecule has 2 aromatic carbocycles. The number of primary amides is 1. The van der Waals surface area contributed by atoms with Crippen LogP contribution in [-0.4, -0.2) is 81.5 Å². The summed E-state index contributed by atoms with van der Waals surface area (Å²) in [7, 11) is 3.82. The minimum Gasteiger partial charge on any atom is -0.508 e. The fourth-order valence-corrected chi connectivity index (χ4v) is 6.19. The zero-order valence-corrected chi connectivity index (χ0v) is 22.6. The number of nitrogens with two attached hydrogens (primary N) is 1. The number of carbonyl (C=O) groups is 4. The SMILES string of the molecule is CN(C)CCNC(=O)c1ccc(-c2ccc(O)c3c2CC2CC4CC(=O)C(C(N)=O)=C(O)C4(O)C(=O)C2=C3O)cc1. The van der Waals surface area contributed by atoms with Crippen molar-refractivity contribution in [2.75, 3.05) is 27.2 Å². The van der Waals surface area contributed by atoms with Crippen LogP contribution in [0.1, 0.15) is 34.3 Å². The number of rotatable bonds is 6. The number of phenolic OH excluding ortho intramolecular Hbond substituents is 1. The zero-order valence-electron chi connectivity index (χ0n) is 22.6. The predicted molar refractivity (Wildman–Crippen MR) is 148 cm³/mol. The molecular weight excluding hydrogens is 530 g/mol. The highest BCUT2D eigenvalue weighted by Crippen LogP contribution is 2.53. The normalized spacial score (nSPS) is 23.7. The molecule has 41 heavy (non-hydrogen) atoms. The molecule has 11 nitrogen and oxygen atoms in total. The third-order valence-corrected chi connectivity index (χ3v) is 8.25. The van der Waals surface area contributed by atoms with Gasteiger partial charge in [-0.2, -0.15) is 0 Å². The minimum absolute atomic E-state index is 0.0140. The van der Waals surface area contributed by atoms with Crippen LogP contribution in [0, 0.1) is 11.8 Å². The van der Waals surface area contributed by atoms with E-state index in [2.05, 4.69) is 5.32 Å². The van der Waals surface area contributed by atoms with Gasteiger partial charge in [-0.05, 0) is 67.7 Å². The van der Waals surface area contributed by atoms with E-state index in [0.29, 0.717) is 35.3 Å². The molecule has 1 fully saturated rings. The summed E-state index contributed by atoms with van der Waals surface area (Å²) in [6, 6.07) is 9.90. The molecule has 2 amide bonds. The standard InChI is InChI=1S/C30H31N3O8/c1-33(2)10-9-32-29(40)15-5-3-14(4-6-15)18-7-8-20(34)23-19(18)12-16-11-17-13-21(35)24(28(31)39)27(38)30(17,41)26(37)22(16)25(23)36/h3-8,16-17,34,36,38,41H,9-13H2,1-2H3,(H2,31,39)(H,32,40). The first kappa shape index (κ1) is 28.1. The van der Waals surface area contributed by atoms with Crippen molar-refractivity contribution in [2.24, 2.45) is 17.6 Å². The number of hydrogen-bond acceptors (Lipinski definition) is 9. The van der Waals surface area contributed by atoms with Gasteiger partial charge in [-0.3, -0.25) is 19.2 Å². The van der Waals surface area contributed by atoms with Crippen LogP contribution in [0.4, 0.5) is 0 Å². The highest BCUT2D eigenvalue weighted by molar-refractivity contribution is 6.22. The van der Waals surface area contributed by atoms with Crippen molar-refractivity contribution in [2.45, 2.75) is 24.9 Å². The fraction of sp³-hybridized carbons (Fsp3) is 0.333. The van der Waals surface area contributed by atoms with Gasteiger partial charge in [-0.15, -0.1) is 0 Å². The molecular formula is C30H31N3O8. The van der Waals surface area contributed by atoms with Crippen molar-refractivity contribution in [1.29, 1.82) is 0 Å². The van der Waals surface area contributed by atoms with E-state index in [9.17, 15) is 39.6 Å². The number of fused-ring (bicyclic) bond motifs is 3. The maximum atomic E-state index is 13.7. The molecule has 7 N–H and O–H groups in total. The number of carbonyl (C=O) groups excluding carboxylic acids is 4. The summed E-state index contributed by atoms with van der Waals surface area (Å²) in [4.78, 5) is 52.5. The monoisotopic (exact) mass is 561 g/mol. The van der Waals surface area contributed by atoms with Crippen LogP contribution in [0.25, 0.3) is 16.9 Å². The Morgan fingerprint density at radius 1 is 1.05 bits per heavy atom. The second-order valence-electron chi connectivity index (χ2n) is 11.0. The molecule has 3 atom stereocenters. The maximum Gasteiger partial charge on any atom is 0.255 e. The van der Waals surface area contributed by atoms with Crippen LogP contribution in [0.2, 0.25) is 0 Å². The van der Waals surface area contributed by atoms with Crippen LogP contribution in [0.15, 0.2) is 53.3 Å². The summed E-state index contributed by atoms with van der Waals surface area (Å²) in [5.41, 5.74) is 4.00. The number of Topliss-reactive ketones (excluding diaryl/α,β-unsaturated/α-hetero) is 2. The number of likely N-dealkylation sites (N-methyl/N-ethyl adjacent to an activating group) is 1. The lowest BCUT2D eigenvalue weighted by atomic mass is 9.59. The van der Waals surface area contributed by atoms with Gasteiger partial charge in [-0.1, -0.05) is 18.2 Å². The summed E-state index contributed by atoms with van der Waals surface area (Å²) in [6.07, 6.45) is -0.151. The van der Waals surface area contributed by atoms with E-state index >= 15 is 0 Å². The van der Waals surface area contributed by atoms with Gasteiger partial charge in [0.05, 0.1) is 5.56 Å². The lowest BCUT2D eigenvalue weighted by Gasteiger charge is -2.46. The van der Waals surface area contributed by atoms with Gasteiger partial charge in [-0.25, -0.2) is 0 Å². The molecule has 2 aromatic rings. The minimum atomic E-state index is -2.61. The molecule has 3 unspecified atom stereocenters. The third-order valence-electron chi connectivity index (χ3n) is 8.25. The lowest BCUT2D eigenvalue weighted by Crippen LogP contribution is -2.58. The second kappa shape index (κ2) is 10.2. The number of hydrogen-bond donors (Lipinski definition) is 6. The van der Waals surface area contributed by atoms with Crippen molar-refractivity contribution < 1.29 is 39.6 Å². The maximum absolute atomic E-state index is 13.7. The van der Waals surface area contributed by atoms with E-state index in [-0.39, 0.29) is 42.1 Å². The summed E-state index contributed by atoms with van der Waals surface area (Å²) in [5, 5.41) is 46.9. The van der Waals surface area contributed by atoms with Gasteiger partial charge in [0.1, 0.15) is 22.8 Å². The van der Waals surface area contributed by atoms with Gasteiger partial charge < -0.3 is 36.4 Å². The fourth-order valence-electron chi connectivity index (χ4n) is 6.19. The number of benzene rings is 2. The van der Waals surface area contributed by atoms with Crippen molar-refractivity contribution in [3.8, 4) is 16.9 Å². The quantitative estimate of drug-likeness (QED) is 0.283. The van der Waals surface area contributed by atoms with Crippen LogP contribution in [0.5, 0.6) is 5.75 Å². The smallest absolute Gasteiger partial charge is 0.255 e. The third kappa shape index (κ3) is 4.47. The largest absolute Gasteiger partial charge is 0.508 e. The summed E-state index contributed by atoms with van der Waals surface area (Å²) >= 11 is 0. The number of aliphatic hydroxyl groups is 3. The van der Waals surface area contributed by atoms with Gasteiger partial charge in [0.2, 0.25) is 5.78 Å². The van der Waals surface area contributed by atoms with Crippen LogP contribution >= 0.6 is 0 Å². The molecule has 0 heterocycles. The molecule has 0 saturated heterocycles. The van der Waals surface area contributed by atoms with E-state index in [0.717, 1.165) is 0 Å². The number of aliphatic hydroxyl groups excluding tert-OH is 2. The topological polar surface area (TPSA) is 190 Å². The molecule has 11 heteroatoms. The van der Waals surface area contributed by atoms with Gasteiger partial charge in [0, 0.05) is 36.6 Å². The van der Waals surface area contributed by atoms with Gasteiger partial charge in [0.15, 0.2) is 11.4 Å². The van der Waals surface area contributed by atoms with Gasteiger partial charge >= 0.3 is 0 Å². The van der Waals surface area contributed by atoms with Crippen molar-refractivity contribution in [3.05, 3.63) is 70.0 Å². The average Bonchev–Trinajstić information content (AvgIpc) is 2.90. The molecule has 0 spiro atoms. The number of phenols is 1. The number of nitrogens with zero attached hydrogens (tertiary/aromatic N) is 1. The lowest BCUT2D eigenvalue weighted by molar-refractivity contribution is -0.147. The molecule has 0 bridgehead atoms. The van der Waals surface area contributed by atoms with Crippen molar-refractivity contribution in [3.63, 3.8) is 0 Å². The summed E-state index contributed by atoms with van der Waals surface area (Å²) in [5.74, 6) is -6.92. The number of aromatic hydroxyl groups is 1. The molecule has 0 radical (unpaired) electrons. The molecule has 3 aliphatic carbocycles. The van der Waals surface area contributed by atoms with E-state index in [1.807, 2.05) is 19.0 Å². The second-order valence-corrected chi connectivity index (χ2v) is 11.0. The van der Waals surface area contributed by atoms with E-state index < -0.39 is 52.0 Å².